The van der Waals surface area contributed by atoms with E-state index in [-0.39, 0.29) is 11.8 Å². The summed E-state index contributed by atoms with van der Waals surface area (Å²) in [5.74, 6) is 1.81. The Morgan fingerprint density at radius 3 is 2.75 bits per heavy atom. The summed E-state index contributed by atoms with van der Waals surface area (Å²) in [6.45, 7) is 8.14. The zero-order valence-corrected chi connectivity index (χ0v) is 14.8. The number of nitrogens with one attached hydrogen (secondary N) is 3. The third-order valence-electron chi connectivity index (χ3n) is 4.10. The van der Waals surface area contributed by atoms with E-state index in [0.717, 1.165) is 71.2 Å². The third-order valence-corrected chi connectivity index (χ3v) is 4.10. The van der Waals surface area contributed by atoms with Crippen LogP contribution in [0.4, 0.5) is 0 Å². The predicted octanol–water partition coefficient (Wildman–Crippen LogP) is 0.511. The van der Waals surface area contributed by atoms with Gasteiger partial charge in [-0.25, -0.2) is 0 Å². The Balaban J connectivity index is 1.49. The second kappa shape index (κ2) is 11.3. The average Bonchev–Trinajstić information content (AvgIpc) is 3.31. The zero-order valence-electron chi connectivity index (χ0n) is 14.8. The van der Waals surface area contributed by atoms with Crippen LogP contribution in [0.3, 0.4) is 0 Å². The molecule has 1 amide bonds. The fourth-order valence-corrected chi connectivity index (χ4v) is 2.52. The van der Waals surface area contributed by atoms with Crippen molar-refractivity contribution in [3.63, 3.8) is 0 Å². The molecule has 0 bridgehead atoms. The molecule has 1 aliphatic heterocycles. The maximum Gasteiger partial charge on any atom is 0.223 e. The number of ether oxygens (including phenoxy) is 2. The van der Waals surface area contributed by atoms with Gasteiger partial charge in [0.15, 0.2) is 5.96 Å². The minimum atomic E-state index is 0.184. The van der Waals surface area contributed by atoms with Crippen molar-refractivity contribution in [1.82, 2.24) is 16.0 Å². The number of hydrogen-bond acceptors (Lipinski definition) is 4. The van der Waals surface area contributed by atoms with Crippen LogP contribution in [0.1, 0.15) is 32.6 Å². The van der Waals surface area contributed by atoms with E-state index < -0.39 is 0 Å². The molecule has 1 heterocycles. The van der Waals surface area contributed by atoms with Crippen molar-refractivity contribution in [2.45, 2.75) is 32.6 Å². The monoisotopic (exact) mass is 340 g/mol. The van der Waals surface area contributed by atoms with Crippen molar-refractivity contribution in [2.75, 3.05) is 52.6 Å². The van der Waals surface area contributed by atoms with Gasteiger partial charge in [0, 0.05) is 51.2 Å². The molecule has 1 atom stereocenters. The number of hydrogen-bond donors (Lipinski definition) is 3. The molecule has 7 nitrogen and oxygen atoms in total. The molecule has 3 N–H and O–H groups in total. The van der Waals surface area contributed by atoms with Crippen molar-refractivity contribution in [3.8, 4) is 0 Å². The second-order valence-corrected chi connectivity index (χ2v) is 6.41. The number of guanidine groups is 1. The third kappa shape index (κ3) is 7.97. The van der Waals surface area contributed by atoms with Gasteiger partial charge in [0.25, 0.3) is 0 Å². The van der Waals surface area contributed by atoms with Crippen molar-refractivity contribution in [3.05, 3.63) is 0 Å². The summed E-state index contributed by atoms with van der Waals surface area (Å²) in [6.07, 6.45) is 4.10. The Labute approximate surface area is 145 Å². The van der Waals surface area contributed by atoms with Crippen LogP contribution in [0.5, 0.6) is 0 Å². The van der Waals surface area contributed by atoms with Crippen LogP contribution in [0.2, 0.25) is 0 Å². The fraction of sp³-hybridized carbons (Fsp3) is 0.882. The first-order valence-corrected chi connectivity index (χ1v) is 9.25. The van der Waals surface area contributed by atoms with Crippen molar-refractivity contribution in [1.29, 1.82) is 0 Å². The van der Waals surface area contributed by atoms with Crippen LogP contribution >= 0.6 is 0 Å². The van der Waals surface area contributed by atoms with E-state index in [1.165, 1.54) is 0 Å². The van der Waals surface area contributed by atoms with Gasteiger partial charge in [0.05, 0.1) is 13.2 Å². The summed E-state index contributed by atoms with van der Waals surface area (Å²) in [5.41, 5.74) is 0. The van der Waals surface area contributed by atoms with Crippen molar-refractivity contribution in [2.24, 2.45) is 16.8 Å². The van der Waals surface area contributed by atoms with Gasteiger partial charge in [-0.2, -0.15) is 0 Å². The summed E-state index contributed by atoms with van der Waals surface area (Å²) < 4.78 is 11.0. The van der Waals surface area contributed by atoms with E-state index in [0.29, 0.717) is 19.0 Å². The maximum atomic E-state index is 11.5. The topological polar surface area (TPSA) is 84.0 Å². The number of rotatable bonds is 11. The van der Waals surface area contributed by atoms with E-state index in [1.807, 2.05) is 6.92 Å². The zero-order chi connectivity index (χ0) is 17.0. The minimum absolute atomic E-state index is 0.184. The lowest BCUT2D eigenvalue weighted by Gasteiger charge is -2.12. The van der Waals surface area contributed by atoms with Gasteiger partial charge < -0.3 is 25.4 Å². The number of aliphatic imine (C=N–C) groups is 1. The summed E-state index contributed by atoms with van der Waals surface area (Å²) >= 11 is 0. The highest BCUT2D eigenvalue weighted by Crippen LogP contribution is 2.28. The van der Waals surface area contributed by atoms with Crippen molar-refractivity contribution < 1.29 is 14.3 Å². The van der Waals surface area contributed by atoms with Crippen LogP contribution in [0.25, 0.3) is 0 Å². The van der Waals surface area contributed by atoms with Crippen LogP contribution in [0.15, 0.2) is 4.99 Å². The molecule has 2 fully saturated rings. The van der Waals surface area contributed by atoms with Crippen LogP contribution in [-0.2, 0) is 14.3 Å². The van der Waals surface area contributed by atoms with E-state index >= 15 is 0 Å². The number of carbonyl (C=O) groups excluding carboxylic acids is 1. The highest BCUT2D eigenvalue weighted by molar-refractivity contribution is 5.81. The quantitative estimate of drug-likeness (QED) is 0.290. The summed E-state index contributed by atoms with van der Waals surface area (Å²) in [4.78, 5) is 16.1. The molecule has 0 aromatic carbocycles. The molecular formula is C17H32N4O3. The van der Waals surface area contributed by atoms with Gasteiger partial charge in [-0.05, 0) is 32.6 Å². The molecule has 1 saturated carbocycles. The molecule has 24 heavy (non-hydrogen) atoms. The number of nitrogens with zero attached hydrogens (tertiary/aromatic N) is 1. The fourth-order valence-electron chi connectivity index (χ4n) is 2.52. The van der Waals surface area contributed by atoms with E-state index in [2.05, 4.69) is 20.9 Å². The van der Waals surface area contributed by atoms with Gasteiger partial charge >= 0.3 is 0 Å². The molecular weight excluding hydrogens is 308 g/mol. The Morgan fingerprint density at radius 2 is 2.04 bits per heavy atom. The van der Waals surface area contributed by atoms with Gasteiger partial charge in [0.2, 0.25) is 5.91 Å². The molecule has 1 saturated heterocycles. The van der Waals surface area contributed by atoms with Gasteiger partial charge in [0.1, 0.15) is 0 Å². The van der Waals surface area contributed by atoms with Crippen LogP contribution in [-0.4, -0.2) is 64.5 Å². The summed E-state index contributed by atoms with van der Waals surface area (Å²) in [5, 5.41) is 9.39. The van der Waals surface area contributed by atoms with Crippen molar-refractivity contribution >= 4 is 11.9 Å². The minimum Gasteiger partial charge on any atom is -0.381 e. The highest BCUT2D eigenvalue weighted by Gasteiger charge is 2.28. The highest BCUT2D eigenvalue weighted by atomic mass is 16.5. The molecule has 0 spiro atoms. The first-order chi connectivity index (χ1) is 11.8. The normalized spacial score (nSPS) is 20.9. The molecule has 0 radical (unpaired) electrons. The molecule has 1 unspecified atom stereocenters. The first-order valence-electron chi connectivity index (χ1n) is 9.25. The summed E-state index contributed by atoms with van der Waals surface area (Å²) in [7, 11) is 0. The molecule has 1 aliphatic carbocycles. The van der Waals surface area contributed by atoms with E-state index in [1.54, 1.807) is 0 Å². The lowest BCUT2D eigenvalue weighted by atomic mass is 10.1. The van der Waals surface area contributed by atoms with E-state index in [4.69, 9.17) is 9.47 Å². The Bertz CT molecular complexity index is 393. The molecule has 0 aromatic rings. The van der Waals surface area contributed by atoms with E-state index in [9.17, 15) is 4.79 Å². The Morgan fingerprint density at radius 1 is 1.21 bits per heavy atom. The maximum absolute atomic E-state index is 11.5. The van der Waals surface area contributed by atoms with Crippen LogP contribution in [0, 0.1) is 11.8 Å². The summed E-state index contributed by atoms with van der Waals surface area (Å²) in [6, 6.07) is 0. The molecule has 138 valence electrons. The standard InChI is InChI=1S/C17H32N4O3/c1-2-18-17(21-9-8-19-16(22)15-4-5-15)20-7-3-10-23-12-14-6-11-24-13-14/h14-15H,2-13H2,1H3,(H,19,22)(H2,18,20,21). The van der Waals surface area contributed by atoms with Gasteiger partial charge in [-0.3, -0.25) is 9.79 Å². The van der Waals surface area contributed by atoms with Gasteiger partial charge in [-0.1, -0.05) is 0 Å². The Kier molecular flexibility index (Phi) is 8.91. The molecule has 2 aliphatic rings. The number of carbonyl (C=O) groups is 1. The smallest absolute Gasteiger partial charge is 0.223 e. The predicted molar refractivity (Wildman–Crippen MR) is 94.1 cm³/mol. The second-order valence-electron chi connectivity index (χ2n) is 6.41. The lowest BCUT2D eigenvalue weighted by molar-refractivity contribution is -0.122. The molecule has 0 aromatic heterocycles. The van der Waals surface area contributed by atoms with Gasteiger partial charge in [-0.15, -0.1) is 0 Å². The van der Waals surface area contributed by atoms with Crippen LogP contribution < -0.4 is 16.0 Å². The molecule has 7 heteroatoms. The Hall–Kier alpha value is -1.34. The largest absolute Gasteiger partial charge is 0.381 e. The average molecular weight is 340 g/mol. The number of amides is 1. The SMILES string of the molecule is CCNC(=NCCCOCC1CCOC1)NCCNC(=O)C1CC1. The molecule has 2 rings (SSSR count). The first kappa shape index (κ1) is 19.0. The lowest BCUT2D eigenvalue weighted by Crippen LogP contribution is -2.41.